The molecule has 0 saturated heterocycles. The molecule has 0 aliphatic heterocycles. The molecule has 4 rings (SSSR count). The van der Waals surface area contributed by atoms with Crippen molar-refractivity contribution in [2.45, 2.75) is 39.0 Å². The van der Waals surface area contributed by atoms with Crippen LogP contribution in [0.3, 0.4) is 0 Å². The third kappa shape index (κ3) is 4.25. The molecule has 2 aromatic rings. The Labute approximate surface area is 167 Å². The smallest absolute Gasteiger partial charge is 0.279 e. The summed E-state index contributed by atoms with van der Waals surface area (Å²) in [6.45, 7) is 2.23. The maximum atomic E-state index is 12.4. The highest BCUT2D eigenvalue weighted by atomic mass is 32.1. The molecule has 2 aliphatic carbocycles. The minimum atomic E-state index is -0.400. The molecule has 2 aliphatic rings. The van der Waals surface area contributed by atoms with Gasteiger partial charge in [-0.3, -0.25) is 25.2 Å². The van der Waals surface area contributed by atoms with Gasteiger partial charge >= 0.3 is 0 Å². The van der Waals surface area contributed by atoms with Gasteiger partial charge in [-0.2, -0.15) is 0 Å². The number of hydrogen-bond donors (Lipinski definition) is 3. The van der Waals surface area contributed by atoms with E-state index >= 15 is 0 Å². The zero-order chi connectivity index (χ0) is 19.7. The molecule has 0 bridgehead atoms. The molecule has 0 radical (unpaired) electrons. The van der Waals surface area contributed by atoms with Gasteiger partial charge in [-0.05, 0) is 73.9 Å². The van der Waals surface area contributed by atoms with Crippen molar-refractivity contribution in [3.05, 3.63) is 51.2 Å². The minimum absolute atomic E-state index is 0.0255. The number of nitrogens with one attached hydrogen (secondary N) is 3. The highest BCUT2D eigenvalue weighted by Crippen LogP contribution is 2.32. The molecule has 0 spiro atoms. The van der Waals surface area contributed by atoms with Crippen molar-refractivity contribution in [3.63, 3.8) is 0 Å². The van der Waals surface area contributed by atoms with Crippen LogP contribution in [0, 0.1) is 11.8 Å². The van der Waals surface area contributed by atoms with Gasteiger partial charge in [0.15, 0.2) is 0 Å². The lowest BCUT2D eigenvalue weighted by atomic mass is 9.90. The quantitative estimate of drug-likeness (QED) is 0.692. The van der Waals surface area contributed by atoms with Gasteiger partial charge in [0, 0.05) is 22.0 Å². The van der Waals surface area contributed by atoms with Gasteiger partial charge < -0.3 is 5.32 Å². The third-order valence-electron chi connectivity index (χ3n) is 5.21. The van der Waals surface area contributed by atoms with E-state index in [9.17, 15) is 14.4 Å². The Hall–Kier alpha value is -2.67. The van der Waals surface area contributed by atoms with E-state index in [1.165, 1.54) is 21.8 Å². The van der Waals surface area contributed by atoms with Crippen molar-refractivity contribution in [3.8, 4) is 0 Å². The van der Waals surface area contributed by atoms with Crippen molar-refractivity contribution >= 4 is 34.7 Å². The van der Waals surface area contributed by atoms with E-state index in [0.29, 0.717) is 22.0 Å². The first-order chi connectivity index (χ1) is 13.5. The summed E-state index contributed by atoms with van der Waals surface area (Å²) >= 11 is 1.50. The van der Waals surface area contributed by atoms with Crippen LogP contribution < -0.4 is 16.2 Å². The van der Waals surface area contributed by atoms with Crippen LogP contribution in [0.15, 0.2) is 30.3 Å². The summed E-state index contributed by atoms with van der Waals surface area (Å²) in [7, 11) is 0. The molecule has 1 saturated carbocycles. The first kappa shape index (κ1) is 18.7. The van der Waals surface area contributed by atoms with Gasteiger partial charge in [0.05, 0.1) is 4.88 Å². The van der Waals surface area contributed by atoms with Crippen LogP contribution in [0.1, 0.15) is 56.7 Å². The highest BCUT2D eigenvalue weighted by molar-refractivity contribution is 7.14. The minimum Gasteiger partial charge on any atom is -0.326 e. The summed E-state index contributed by atoms with van der Waals surface area (Å²) in [5.74, 6) is 0.105. The Balaban J connectivity index is 1.31. The Morgan fingerprint density at radius 2 is 1.71 bits per heavy atom. The van der Waals surface area contributed by atoms with E-state index in [-0.39, 0.29) is 17.7 Å². The van der Waals surface area contributed by atoms with Crippen LogP contribution in [-0.4, -0.2) is 17.7 Å². The Kier molecular flexibility index (Phi) is 5.17. The van der Waals surface area contributed by atoms with E-state index < -0.39 is 5.91 Å². The van der Waals surface area contributed by atoms with Crippen LogP contribution >= 0.6 is 11.3 Å². The molecule has 3 N–H and O–H groups in total. The van der Waals surface area contributed by atoms with Gasteiger partial charge in [0.2, 0.25) is 5.91 Å². The molecule has 1 aromatic heterocycles. The van der Waals surface area contributed by atoms with Gasteiger partial charge in [-0.15, -0.1) is 11.3 Å². The van der Waals surface area contributed by atoms with Gasteiger partial charge in [-0.1, -0.05) is 6.92 Å². The standard InChI is InChI=1S/C21H23N3O3S/c1-12-2-9-17-15(10-12)11-18(28-17)21(27)24-23-20(26)14-5-7-16(8-6-14)22-19(25)13-3-4-13/h5-8,11-13H,2-4,9-10H2,1H3,(H,22,25)(H,23,26)(H,24,27). The third-order valence-corrected chi connectivity index (χ3v) is 6.44. The van der Waals surface area contributed by atoms with Crippen LogP contribution in [0.25, 0.3) is 0 Å². The average molecular weight is 398 g/mol. The second-order valence-electron chi connectivity index (χ2n) is 7.66. The van der Waals surface area contributed by atoms with Crippen molar-refractivity contribution in [2.24, 2.45) is 11.8 Å². The predicted octanol–water partition coefficient (Wildman–Crippen LogP) is 3.30. The summed E-state index contributed by atoms with van der Waals surface area (Å²) < 4.78 is 0. The fraction of sp³-hybridized carbons (Fsp3) is 0.381. The summed E-state index contributed by atoms with van der Waals surface area (Å²) in [6, 6.07) is 8.55. The topological polar surface area (TPSA) is 87.3 Å². The molecule has 3 amide bonds. The number of thiophene rings is 1. The Morgan fingerprint density at radius 1 is 1.00 bits per heavy atom. The summed E-state index contributed by atoms with van der Waals surface area (Å²) in [4.78, 5) is 38.3. The summed E-state index contributed by atoms with van der Waals surface area (Å²) in [5, 5.41) is 2.83. The zero-order valence-electron chi connectivity index (χ0n) is 15.7. The predicted molar refractivity (Wildman–Crippen MR) is 108 cm³/mol. The molecule has 7 heteroatoms. The number of anilines is 1. The van der Waals surface area contributed by atoms with Gasteiger partial charge in [0.25, 0.3) is 11.8 Å². The summed E-state index contributed by atoms with van der Waals surface area (Å²) in [5.41, 5.74) is 7.27. The Bertz CT molecular complexity index is 915. The van der Waals surface area contributed by atoms with Crippen molar-refractivity contribution < 1.29 is 14.4 Å². The first-order valence-electron chi connectivity index (χ1n) is 9.63. The van der Waals surface area contributed by atoms with E-state index in [0.717, 1.165) is 32.1 Å². The SMILES string of the molecule is CC1CCc2sc(C(=O)NNC(=O)c3ccc(NC(=O)C4CC4)cc3)cc2C1. The van der Waals surface area contributed by atoms with E-state index in [2.05, 4.69) is 23.1 Å². The maximum absolute atomic E-state index is 12.4. The van der Waals surface area contributed by atoms with Crippen LogP contribution in [0.4, 0.5) is 5.69 Å². The molecule has 6 nitrogen and oxygen atoms in total. The van der Waals surface area contributed by atoms with Gasteiger partial charge in [-0.25, -0.2) is 0 Å². The molecule has 1 fully saturated rings. The number of carbonyl (C=O) groups excluding carboxylic acids is 3. The van der Waals surface area contributed by atoms with Crippen LogP contribution in [-0.2, 0) is 17.6 Å². The fourth-order valence-electron chi connectivity index (χ4n) is 3.36. The summed E-state index contributed by atoms with van der Waals surface area (Å²) in [6.07, 6.45) is 5.07. The molecular weight excluding hydrogens is 374 g/mol. The number of amides is 3. The normalized spacial score (nSPS) is 18.1. The number of benzene rings is 1. The second-order valence-corrected chi connectivity index (χ2v) is 8.79. The lowest BCUT2D eigenvalue weighted by Gasteiger charge is -2.16. The van der Waals surface area contributed by atoms with Gasteiger partial charge in [0.1, 0.15) is 0 Å². The van der Waals surface area contributed by atoms with E-state index in [4.69, 9.17) is 0 Å². The number of fused-ring (bicyclic) bond motifs is 1. The van der Waals surface area contributed by atoms with Crippen molar-refractivity contribution in [1.29, 1.82) is 0 Å². The number of hydrogen-bond acceptors (Lipinski definition) is 4. The van der Waals surface area contributed by atoms with E-state index in [1.54, 1.807) is 24.3 Å². The van der Waals surface area contributed by atoms with Crippen molar-refractivity contribution in [1.82, 2.24) is 10.9 Å². The Morgan fingerprint density at radius 3 is 2.43 bits per heavy atom. The fourth-order valence-corrected chi connectivity index (χ4v) is 4.46. The van der Waals surface area contributed by atoms with Crippen molar-refractivity contribution in [2.75, 3.05) is 5.32 Å². The second kappa shape index (κ2) is 7.75. The number of carbonyl (C=O) groups is 3. The molecule has 146 valence electrons. The van der Waals surface area contributed by atoms with Crippen LogP contribution in [0.2, 0.25) is 0 Å². The number of hydrazine groups is 1. The molecule has 1 heterocycles. The zero-order valence-corrected chi connectivity index (χ0v) is 16.5. The molecule has 28 heavy (non-hydrogen) atoms. The first-order valence-corrected chi connectivity index (χ1v) is 10.4. The maximum Gasteiger partial charge on any atom is 0.279 e. The highest BCUT2D eigenvalue weighted by Gasteiger charge is 2.29. The molecular formula is C21H23N3O3S. The largest absolute Gasteiger partial charge is 0.326 e. The molecule has 1 atom stereocenters. The molecule has 1 aromatic carbocycles. The monoisotopic (exact) mass is 397 g/mol. The van der Waals surface area contributed by atoms with Crippen LogP contribution in [0.5, 0.6) is 0 Å². The lowest BCUT2D eigenvalue weighted by Crippen LogP contribution is -2.41. The average Bonchev–Trinajstić information content (AvgIpc) is 3.46. The van der Waals surface area contributed by atoms with E-state index in [1.807, 2.05) is 6.07 Å². The molecule has 1 unspecified atom stereocenters. The number of aryl methyl sites for hydroxylation is 1. The lowest BCUT2D eigenvalue weighted by molar-refractivity contribution is -0.117. The number of rotatable bonds is 4.